The van der Waals surface area contributed by atoms with Gasteiger partial charge in [-0.15, -0.1) is 0 Å². The molecular formula is C13H20F3NO2. The molecule has 6 heteroatoms. The molecule has 1 aliphatic heterocycles. The average Bonchev–Trinajstić information content (AvgIpc) is 2.95. The number of piperidine rings is 1. The van der Waals surface area contributed by atoms with Crippen molar-refractivity contribution in [2.75, 3.05) is 13.1 Å². The van der Waals surface area contributed by atoms with Crippen molar-refractivity contribution in [3.8, 4) is 0 Å². The first-order valence-corrected chi connectivity index (χ1v) is 6.66. The quantitative estimate of drug-likeness (QED) is 0.841. The van der Waals surface area contributed by atoms with Crippen molar-refractivity contribution in [3.05, 3.63) is 0 Å². The summed E-state index contributed by atoms with van der Waals surface area (Å²) in [5.74, 6) is -0.696. The molecule has 1 amide bonds. The van der Waals surface area contributed by atoms with E-state index in [1.54, 1.807) is 4.90 Å². The number of halogens is 3. The van der Waals surface area contributed by atoms with Gasteiger partial charge in [0.15, 0.2) is 6.10 Å². The van der Waals surface area contributed by atoms with E-state index in [9.17, 15) is 23.1 Å². The summed E-state index contributed by atoms with van der Waals surface area (Å²) in [6, 6.07) is 0. The van der Waals surface area contributed by atoms with E-state index in [-0.39, 0.29) is 30.1 Å². The molecule has 0 spiro atoms. The first-order chi connectivity index (χ1) is 8.63. The molecule has 1 saturated carbocycles. The lowest BCUT2D eigenvalue weighted by Crippen LogP contribution is -2.45. The van der Waals surface area contributed by atoms with Gasteiger partial charge in [-0.3, -0.25) is 4.79 Å². The number of aliphatic hydroxyl groups excluding tert-OH is 1. The topological polar surface area (TPSA) is 40.5 Å². The van der Waals surface area contributed by atoms with Crippen LogP contribution in [0.2, 0.25) is 0 Å². The van der Waals surface area contributed by atoms with Crippen molar-refractivity contribution in [1.29, 1.82) is 0 Å². The van der Waals surface area contributed by atoms with Crippen molar-refractivity contribution in [3.63, 3.8) is 0 Å². The standard InChI is InChI=1S/C13H20F3NO2/c1-12(2)7-9(12)11(19)17-5-3-8(4-6-17)10(18)13(14,15)16/h8-10,18H,3-7H2,1-2H3. The maximum Gasteiger partial charge on any atom is 0.414 e. The highest BCUT2D eigenvalue weighted by molar-refractivity contribution is 5.82. The number of carbonyl (C=O) groups excluding carboxylic acids is 1. The first-order valence-electron chi connectivity index (χ1n) is 6.66. The molecule has 2 atom stereocenters. The minimum Gasteiger partial charge on any atom is -0.383 e. The number of likely N-dealkylation sites (tertiary alicyclic amines) is 1. The van der Waals surface area contributed by atoms with Gasteiger partial charge in [0.2, 0.25) is 5.91 Å². The van der Waals surface area contributed by atoms with Crippen LogP contribution < -0.4 is 0 Å². The maximum atomic E-state index is 12.4. The van der Waals surface area contributed by atoms with E-state index in [4.69, 9.17) is 0 Å². The van der Waals surface area contributed by atoms with Crippen LogP contribution in [-0.2, 0) is 4.79 Å². The fourth-order valence-electron chi connectivity index (χ4n) is 2.81. The molecule has 1 aliphatic carbocycles. The summed E-state index contributed by atoms with van der Waals surface area (Å²) in [6.45, 7) is 4.69. The molecule has 1 N–H and O–H groups in total. The van der Waals surface area contributed by atoms with Crippen LogP contribution in [0.3, 0.4) is 0 Å². The van der Waals surface area contributed by atoms with Crippen LogP contribution in [0.5, 0.6) is 0 Å². The highest BCUT2D eigenvalue weighted by Gasteiger charge is 2.52. The van der Waals surface area contributed by atoms with E-state index < -0.39 is 18.2 Å². The van der Waals surface area contributed by atoms with Crippen LogP contribution in [0.25, 0.3) is 0 Å². The molecule has 0 aromatic carbocycles. The summed E-state index contributed by atoms with van der Waals surface area (Å²) in [5.41, 5.74) is 0.0411. The Hall–Kier alpha value is -0.780. The highest BCUT2D eigenvalue weighted by Crippen LogP contribution is 2.52. The lowest BCUT2D eigenvalue weighted by atomic mass is 9.90. The largest absolute Gasteiger partial charge is 0.414 e. The molecule has 2 fully saturated rings. The fourth-order valence-corrected chi connectivity index (χ4v) is 2.81. The minimum absolute atomic E-state index is 0.0246. The number of nitrogens with zero attached hydrogens (tertiary/aromatic N) is 1. The van der Waals surface area contributed by atoms with Gasteiger partial charge in [-0.2, -0.15) is 13.2 Å². The average molecular weight is 279 g/mol. The summed E-state index contributed by atoms with van der Waals surface area (Å²) in [4.78, 5) is 13.7. The minimum atomic E-state index is -4.56. The van der Waals surface area contributed by atoms with E-state index >= 15 is 0 Å². The summed E-state index contributed by atoms with van der Waals surface area (Å²) >= 11 is 0. The van der Waals surface area contributed by atoms with Crippen LogP contribution >= 0.6 is 0 Å². The predicted molar refractivity (Wildman–Crippen MR) is 63.3 cm³/mol. The summed E-state index contributed by atoms with van der Waals surface area (Å²) in [6.07, 6.45) is -5.52. The van der Waals surface area contributed by atoms with Crippen LogP contribution in [0.15, 0.2) is 0 Å². The van der Waals surface area contributed by atoms with Crippen molar-refractivity contribution in [2.24, 2.45) is 17.3 Å². The van der Waals surface area contributed by atoms with Gasteiger partial charge in [0, 0.05) is 19.0 Å². The molecule has 0 aromatic rings. The Morgan fingerprint density at radius 1 is 1.32 bits per heavy atom. The van der Waals surface area contributed by atoms with Gasteiger partial charge in [0.1, 0.15) is 0 Å². The Kier molecular flexibility index (Phi) is 3.58. The molecule has 0 aromatic heterocycles. The molecule has 0 radical (unpaired) electrons. The molecule has 1 heterocycles. The molecule has 19 heavy (non-hydrogen) atoms. The third-order valence-electron chi connectivity index (χ3n) is 4.44. The fraction of sp³-hybridized carbons (Fsp3) is 0.923. The van der Waals surface area contributed by atoms with Crippen molar-refractivity contribution >= 4 is 5.91 Å². The number of hydrogen-bond donors (Lipinski definition) is 1. The Morgan fingerprint density at radius 2 is 1.79 bits per heavy atom. The van der Waals surface area contributed by atoms with Gasteiger partial charge >= 0.3 is 6.18 Å². The molecule has 110 valence electrons. The van der Waals surface area contributed by atoms with Crippen molar-refractivity contribution in [2.45, 2.75) is 45.4 Å². The van der Waals surface area contributed by atoms with E-state index in [1.807, 2.05) is 13.8 Å². The predicted octanol–water partition coefficient (Wildman–Crippen LogP) is 2.19. The highest BCUT2D eigenvalue weighted by atomic mass is 19.4. The number of hydrogen-bond acceptors (Lipinski definition) is 2. The molecule has 1 saturated heterocycles. The molecular weight excluding hydrogens is 259 g/mol. The molecule has 2 rings (SSSR count). The van der Waals surface area contributed by atoms with E-state index in [2.05, 4.69) is 0 Å². The van der Waals surface area contributed by atoms with Gasteiger partial charge in [-0.05, 0) is 30.6 Å². The molecule has 2 unspecified atom stereocenters. The number of carbonyl (C=O) groups is 1. The lowest BCUT2D eigenvalue weighted by Gasteiger charge is -2.35. The van der Waals surface area contributed by atoms with E-state index in [1.165, 1.54) is 0 Å². The van der Waals surface area contributed by atoms with Crippen LogP contribution in [0, 0.1) is 17.3 Å². The second-order valence-corrected chi connectivity index (χ2v) is 6.39. The van der Waals surface area contributed by atoms with Gasteiger partial charge in [-0.1, -0.05) is 13.8 Å². The third kappa shape index (κ3) is 3.04. The summed E-state index contributed by atoms with van der Waals surface area (Å²) < 4.78 is 37.2. The van der Waals surface area contributed by atoms with Crippen LogP contribution in [-0.4, -0.2) is 41.3 Å². The second kappa shape index (κ2) is 4.65. The summed E-state index contributed by atoms with van der Waals surface area (Å²) in [5, 5.41) is 9.21. The van der Waals surface area contributed by atoms with Gasteiger partial charge < -0.3 is 10.0 Å². The molecule has 2 aliphatic rings. The van der Waals surface area contributed by atoms with Gasteiger partial charge in [0.25, 0.3) is 0 Å². The zero-order chi connectivity index (χ0) is 14.4. The Labute approximate surface area is 110 Å². The van der Waals surface area contributed by atoms with Gasteiger partial charge in [-0.25, -0.2) is 0 Å². The normalized spacial score (nSPS) is 29.2. The monoisotopic (exact) mass is 279 g/mol. The van der Waals surface area contributed by atoms with Crippen LogP contribution in [0.4, 0.5) is 13.2 Å². The maximum absolute atomic E-state index is 12.4. The Balaban J connectivity index is 1.85. The SMILES string of the molecule is CC1(C)CC1C(=O)N1CCC(C(O)C(F)(F)F)CC1. The van der Waals surface area contributed by atoms with E-state index in [0.29, 0.717) is 13.1 Å². The number of alkyl halides is 3. The van der Waals surface area contributed by atoms with E-state index in [0.717, 1.165) is 6.42 Å². The summed E-state index contributed by atoms with van der Waals surface area (Å²) in [7, 11) is 0. The van der Waals surface area contributed by atoms with Crippen molar-refractivity contribution in [1.82, 2.24) is 4.90 Å². The number of aliphatic hydroxyl groups is 1. The molecule has 3 nitrogen and oxygen atoms in total. The first kappa shape index (κ1) is 14.6. The third-order valence-corrected chi connectivity index (χ3v) is 4.44. The smallest absolute Gasteiger partial charge is 0.383 e. The number of amides is 1. The van der Waals surface area contributed by atoms with Crippen LogP contribution in [0.1, 0.15) is 33.1 Å². The molecule has 0 bridgehead atoms. The Bertz CT molecular complexity index is 359. The van der Waals surface area contributed by atoms with Crippen molar-refractivity contribution < 1.29 is 23.1 Å². The lowest BCUT2D eigenvalue weighted by molar-refractivity contribution is -0.223. The zero-order valence-corrected chi connectivity index (χ0v) is 11.2. The van der Waals surface area contributed by atoms with Gasteiger partial charge in [0.05, 0.1) is 0 Å². The zero-order valence-electron chi connectivity index (χ0n) is 11.2. The Morgan fingerprint density at radius 3 is 2.16 bits per heavy atom. The second-order valence-electron chi connectivity index (χ2n) is 6.39. The number of rotatable bonds is 2.